The normalized spacial score (nSPS) is 21.4. The Hall–Kier alpha value is -6.41. The van der Waals surface area contributed by atoms with Crippen LogP contribution in [0.25, 0.3) is 22.2 Å². The van der Waals surface area contributed by atoms with E-state index < -0.39 is 81.2 Å². The van der Waals surface area contributed by atoms with E-state index in [-0.39, 0.29) is 25.9 Å². The highest BCUT2D eigenvalue weighted by Crippen LogP contribution is 2.45. The van der Waals surface area contributed by atoms with E-state index in [4.69, 9.17) is 25.6 Å². The van der Waals surface area contributed by atoms with Crippen LogP contribution in [0, 0.1) is 18.3 Å². The number of alkyl carbamates (subject to hydrolysis) is 1. The van der Waals surface area contributed by atoms with E-state index in [1.165, 1.54) is 25.1 Å². The molecule has 0 bridgehead atoms. The van der Waals surface area contributed by atoms with Crippen LogP contribution in [0.1, 0.15) is 25.7 Å². The Kier molecular flexibility index (Phi) is 12.1. The van der Waals surface area contributed by atoms with E-state index in [1.54, 1.807) is 24.3 Å². The third-order valence-corrected chi connectivity index (χ3v) is 12.1. The Balaban J connectivity index is 1.35. The Bertz CT molecular complexity index is 2290. The molecule has 3 fully saturated rings. The quantitative estimate of drug-likeness (QED) is 0.109. The highest BCUT2D eigenvalue weighted by molar-refractivity contribution is 7.91. The molecule has 1 aliphatic heterocycles. The van der Waals surface area contributed by atoms with E-state index >= 15 is 0 Å². The number of aromatic nitrogens is 1. The van der Waals surface area contributed by atoms with Gasteiger partial charge < -0.3 is 34.6 Å². The van der Waals surface area contributed by atoms with Gasteiger partial charge in [-0.25, -0.2) is 18.2 Å². The van der Waals surface area contributed by atoms with Crippen LogP contribution in [0.4, 0.5) is 4.79 Å². The zero-order chi connectivity index (χ0) is 41.8. The lowest BCUT2D eigenvalue weighted by Gasteiger charge is -2.31. The molecule has 2 heterocycles. The van der Waals surface area contributed by atoms with Crippen molar-refractivity contribution in [2.45, 2.75) is 54.7 Å². The molecule has 58 heavy (non-hydrogen) atoms. The predicted octanol–water partition coefficient (Wildman–Crippen LogP) is 2.30. The number of nitrogens with zero attached hydrogens (tertiary/aromatic N) is 3. The minimum absolute atomic E-state index is 0.0727. The van der Waals surface area contributed by atoms with Gasteiger partial charge in [-0.05, 0) is 37.5 Å². The van der Waals surface area contributed by atoms with Crippen LogP contribution in [-0.2, 0) is 33.9 Å². The summed E-state index contributed by atoms with van der Waals surface area (Å²) in [6, 6.07) is 13.7. The molecule has 6 rings (SSSR count). The Morgan fingerprint density at radius 2 is 1.86 bits per heavy atom. The molecule has 304 valence electrons. The van der Waals surface area contributed by atoms with Gasteiger partial charge in [0.05, 0.1) is 36.7 Å². The fraction of sp³-hybridized carbons (Fsp3) is 0.366. The number of terminal acetylenes is 1. The van der Waals surface area contributed by atoms with Crippen molar-refractivity contribution in [3.63, 3.8) is 0 Å². The van der Waals surface area contributed by atoms with Crippen LogP contribution in [-0.4, -0.2) is 116 Å². The molecule has 3 aliphatic rings. The van der Waals surface area contributed by atoms with Crippen LogP contribution in [0.3, 0.4) is 0 Å². The number of ether oxygens (including phenoxy) is 3. The van der Waals surface area contributed by atoms with Crippen LogP contribution in [0.15, 0.2) is 79.9 Å². The van der Waals surface area contributed by atoms with Crippen molar-refractivity contribution in [2.24, 2.45) is 5.92 Å². The smallest absolute Gasteiger partial charge is 0.408 e. The summed E-state index contributed by atoms with van der Waals surface area (Å²) in [6.07, 6.45) is 6.66. The lowest BCUT2D eigenvalue weighted by molar-refractivity contribution is -0.141. The number of likely N-dealkylation sites (N-methyl/N-ethyl adjacent to an activating group) is 1. The fourth-order valence-corrected chi connectivity index (χ4v) is 8.29. The van der Waals surface area contributed by atoms with Crippen molar-refractivity contribution in [3.8, 4) is 35.1 Å². The van der Waals surface area contributed by atoms with E-state index in [2.05, 4.69) is 34.4 Å². The zero-order valence-corrected chi connectivity index (χ0v) is 32.8. The van der Waals surface area contributed by atoms with Crippen molar-refractivity contribution >= 4 is 50.6 Å². The van der Waals surface area contributed by atoms with Crippen molar-refractivity contribution in [1.29, 1.82) is 0 Å². The number of carbonyl (C=O) groups excluding carboxylic acids is 5. The van der Waals surface area contributed by atoms with Gasteiger partial charge in [0.1, 0.15) is 35.2 Å². The molecule has 2 saturated carbocycles. The van der Waals surface area contributed by atoms with Crippen molar-refractivity contribution in [1.82, 2.24) is 30.1 Å². The molecule has 2 aliphatic carbocycles. The summed E-state index contributed by atoms with van der Waals surface area (Å²) in [4.78, 5) is 75.0. The summed E-state index contributed by atoms with van der Waals surface area (Å²) in [6.45, 7) is 6.29. The van der Waals surface area contributed by atoms with Crippen molar-refractivity contribution < 1.29 is 46.6 Å². The maximum atomic E-state index is 14.6. The monoisotopic (exact) mass is 812 g/mol. The van der Waals surface area contributed by atoms with Crippen LogP contribution in [0.5, 0.6) is 11.5 Å². The number of pyridine rings is 1. The summed E-state index contributed by atoms with van der Waals surface area (Å²) in [7, 11) is -1.03. The first-order chi connectivity index (χ1) is 27.7. The highest BCUT2D eigenvalue weighted by atomic mass is 32.2. The molecule has 5 atom stereocenters. The second kappa shape index (κ2) is 17.0. The molecule has 5 amide bonds. The Morgan fingerprint density at radius 3 is 2.50 bits per heavy atom. The predicted molar refractivity (Wildman–Crippen MR) is 212 cm³/mol. The first kappa shape index (κ1) is 41.2. The van der Waals surface area contributed by atoms with Gasteiger partial charge in [0.25, 0.3) is 5.91 Å². The Morgan fingerprint density at radius 1 is 1.12 bits per heavy atom. The molecular weight excluding hydrogens is 769 g/mol. The van der Waals surface area contributed by atoms with Gasteiger partial charge in [-0.15, -0.1) is 13.0 Å². The molecule has 1 aromatic heterocycles. The number of sulfonamides is 1. The highest BCUT2D eigenvalue weighted by Gasteiger charge is 2.62. The minimum Gasteiger partial charge on any atom is -0.497 e. The number of fused-ring (bicyclic) bond motifs is 1. The number of nitrogens with one attached hydrogen (secondary N) is 3. The number of hydrogen-bond acceptors (Lipinski definition) is 11. The molecule has 17 heteroatoms. The van der Waals surface area contributed by atoms with Crippen LogP contribution < -0.4 is 24.8 Å². The van der Waals surface area contributed by atoms with Crippen LogP contribution >= 0.6 is 0 Å². The average molecular weight is 813 g/mol. The van der Waals surface area contributed by atoms with E-state index in [1.807, 2.05) is 30.3 Å². The van der Waals surface area contributed by atoms with Crippen LogP contribution in [0.2, 0.25) is 0 Å². The Labute approximate surface area is 336 Å². The topological polar surface area (TPSA) is 203 Å². The minimum atomic E-state index is -3.97. The molecular formula is C41H44N6O10S. The summed E-state index contributed by atoms with van der Waals surface area (Å²) >= 11 is 0. The third-order valence-electron chi connectivity index (χ3n) is 10.3. The molecule has 16 nitrogen and oxygen atoms in total. The summed E-state index contributed by atoms with van der Waals surface area (Å²) in [5.41, 5.74) is 0.292. The molecule has 2 aromatic carbocycles. The first-order valence-electron chi connectivity index (χ1n) is 18.5. The van der Waals surface area contributed by atoms with Gasteiger partial charge in [0.15, 0.2) is 6.61 Å². The first-order valence-corrected chi connectivity index (χ1v) is 20.0. The summed E-state index contributed by atoms with van der Waals surface area (Å²) in [5, 5.41) is 5.11. The van der Waals surface area contributed by atoms with Gasteiger partial charge >= 0.3 is 6.09 Å². The number of carbonyl (C=O) groups is 5. The SMILES string of the molecule is C#CCOC(=O)N[C@@H](CN(C)C(=O)C=C)C(=O)N1C[C@H](Oc2cc(-c3ccccc3)nc3cc(OC)ccc23)C[C@H]1C(=O)N[C@]1(C(=O)NS(=O)(=O)C2CC2)C[C@H]1C=C. The van der Waals surface area contributed by atoms with E-state index in [0.29, 0.717) is 40.9 Å². The second-order valence-electron chi connectivity index (χ2n) is 14.3. The third kappa shape index (κ3) is 8.92. The second-order valence-corrected chi connectivity index (χ2v) is 16.3. The van der Waals surface area contributed by atoms with Gasteiger partial charge in [-0.2, -0.15) is 0 Å². The maximum Gasteiger partial charge on any atom is 0.408 e. The average Bonchev–Trinajstić information content (AvgIpc) is 4.15. The van der Waals surface area contributed by atoms with E-state index in [9.17, 15) is 32.4 Å². The van der Waals surface area contributed by atoms with Gasteiger partial charge in [0.2, 0.25) is 27.7 Å². The fourth-order valence-electron chi connectivity index (χ4n) is 6.93. The molecule has 0 spiro atoms. The lowest BCUT2D eigenvalue weighted by Crippen LogP contribution is -2.59. The molecule has 0 unspecified atom stereocenters. The van der Waals surface area contributed by atoms with E-state index in [0.717, 1.165) is 16.5 Å². The number of amides is 5. The summed E-state index contributed by atoms with van der Waals surface area (Å²) in [5.74, 6) is -0.505. The van der Waals surface area contributed by atoms with Crippen molar-refractivity contribution in [2.75, 3.05) is 33.9 Å². The zero-order valence-electron chi connectivity index (χ0n) is 32.0. The summed E-state index contributed by atoms with van der Waals surface area (Å²) < 4.78 is 44.7. The van der Waals surface area contributed by atoms with Gasteiger partial charge in [-0.3, -0.25) is 23.9 Å². The van der Waals surface area contributed by atoms with Gasteiger partial charge in [0, 0.05) is 42.5 Å². The molecule has 3 N–H and O–H groups in total. The number of benzene rings is 2. The number of rotatable bonds is 16. The molecule has 1 saturated heterocycles. The maximum absolute atomic E-state index is 14.6. The van der Waals surface area contributed by atoms with Crippen molar-refractivity contribution in [3.05, 3.63) is 79.9 Å². The molecule has 3 aromatic rings. The number of hydrogen-bond donors (Lipinski definition) is 3. The lowest BCUT2D eigenvalue weighted by atomic mass is 10.1. The molecule has 0 radical (unpaired) electrons. The number of methoxy groups -OCH3 is 1. The standard InChI is InChI=1S/C41H44N6O10S/c1-6-18-56-40(52)43-33(24-46(4)36(48)8-3)38(50)47-23-28(20-34(47)37(49)44-41(22-26(41)7-2)39(51)45-58(53,54)29-15-16-29)57-35-21-31(25-12-10-9-11-13-25)42-32-19-27(55-5)14-17-30(32)35/h1,7-14,17,19,21,26,28-29,33-34H,2-3,15-16,18,20,22-24H2,4-5H3,(H,43,52)(H,44,49)(H,45,51)/t26-,28-,33+,34+,41-/m1/s1. The van der Waals surface area contributed by atoms with Gasteiger partial charge in [-0.1, -0.05) is 48.9 Å². The largest absolute Gasteiger partial charge is 0.497 e. The number of likely N-dealkylation sites (tertiary alicyclic amines) is 1.